The van der Waals surface area contributed by atoms with Gasteiger partial charge in [-0.3, -0.25) is 0 Å². The summed E-state index contributed by atoms with van der Waals surface area (Å²) in [4.78, 5) is 12.0. The molecule has 4 nitrogen and oxygen atoms in total. The largest absolute Gasteiger partial charge is 0.456 e. The fraction of sp³-hybridized carbons (Fsp3) is 0.750. The zero-order chi connectivity index (χ0) is 17.5. The highest BCUT2D eigenvalue weighted by molar-refractivity contribution is 5.90. The van der Waals surface area contributed by atoms with Crippen LogP contribution in [0, 0.1) is 11.8 Å². The topological polar surface area (TPSA) is 55.8 Å². The molecule has 3 heterocycles. The molecule has 1 N–H and O–H groups in total. The van der Waals surface area contributed by atoms with Crippen molar-refractivity contribution in [3.63, 3.8) is 0 Å². The Morgan fingerprint density at radius 1 is 1.38 bits per heavy atom. The van der Waals surface area contributed by atoms with Crippen LogP contribution in [0.5, 0.6) is 0 Å². The summed E-state index contributed by atoms with van der Waals surface area (Å²) in [5.41, 5.74) is 1.04. The summed E-state index contributed by atoms with van der Waals surface area (Å²) in [6.07, 6.45) is 6.87. The fourth-order valence-electron chi connectivity index (χ4n) is 4.36. The Morgan fingerprint density at radius 2 is 2.12 bits per heavy atom. The number of carbonyl (C=O) groups excluding carboxylic acids is 1. The fourth-order valence-corrected chi connectivity index (χ4v) is 4.36. The zero-order valence-corrected chi connectivity index (χ0v) is 15.1. The predicted octanol–water partition coefficient (Wildman–Crippen LogP) is 3.54. The van der Waals surface area contributed by atoms with Crippen LogP contribution in [-0.2, 0) is 14.3 Å². The summed E-state index contributed by atoms with van der Waals surface area (Å²) in [7, 11) is 0. The van der Waals surface area contributed by atoms with E-state index in [0.717, 1.165) is 25.7 Å². The normalized spacial score (nSPS) is 46.2. The number of esters is 1. The lowest BCUT2D eigenvalue weighted by atomic mass is 9.76. The minimum atomic E-state index is -0.895. The number of aliphatic hydroxyl groups is 1. The van der Waals surface area contributed by atoms with E-state index in [1.54, 1.807) is 0 Å². The average Bonchev–Trinajstić information content (AvgIpc) is 2.80. The maximum atomic E-state index is 12.0. The first kappa shape index (κ1) is 17.7. The standard InChI is InChI=1S/C20H30O4/c1-12-7-5-9-13(2)17-18-15(14(3)19(21)24-18)11-16(23-17)20(4,22)10-6-8-12/h7,13,15-18,22H,3,5-6,8-11H2,1-2,4H3/b12-7-/t13-,15+,16+,17+,18-,20-/m1/s1. The molecule has 6 atom stereocenters. The third-order valence-electron chi connectivity index (χ3n) is 6.09. The van der Waals surface area contributed by atoms with Gasteiger partial charge in [-0.25, -0.2) is 4.79 Å². The lowest BCUT2D eigenvalue weighted by Crippen LogP contribution is -2.54. The van der Waals surface area contributed by atoms with Gasteiger partial charge in [-0.1, -0.05) is 25.2 Å². The number of hydrogen-bond acceptors (Lipinski definition) is 4. The zero-order valence-electron chi connectivity index (χ0n) is 15.1. The number of fused-ring (bicyclic) bond motifs is 4. The molecule has 0 spiro atoms. The van der Waals surface area contributed by atoms with Crippen LogP contribution in [0.2, 0.25) is 0 Å². The highest BCUT2D eigenvalue weighted by Crippen LogP contribution is 2.44. The molecule has 0 aromatic heterocycles. The van der Waals surface area contributed by atoms with E-state index in [-0.39, 0.29) is 36.1 Å². The molecule has 0 aliphatic carbocycles. The van der Waals surface area contributed by atoms with E-state index in [1.165, 1.54) is 5.57 Å². The van der Waals surface area contributed by atoms with E-state index in [9.17, 15) is 9.90 Å². The molecule has 2 bridgehead atoms. The third kappa shape index (κ3) is 3.31. The Hall–Kier alpha value is -1.13. The number of rotatable bonds is 0. The molecule has 3 aliphatic rings. The maximum Gasteiger partial charge on any atom is 0.334 e. The molecule has 3 aliphatic heterocycles. The van der Waals surface area contributed by atoms with Crippen LogP contribution in [0.15, 0.2) is 23.8 Å². The van der Waals surface area contributed by atoms with Crippen LogP contribution in [-0.4, -0.2) is 35.0 Å². The first-order valence-corrected chi connectivity index (χ1v) is 9.23. The summed E-state index contributed by atoms with van der Waals surface area (Å²) in [6.45, 7) is 10.1. The smallest absolute Gasteiger partial charge is 0.334 e. The number of hydrogen-bond donors (Lipinski definition) is 1. The number of carbonyl (C=O) groups is 1. The maximum absolute atomic E-state index is 12.0. The molecule has 2 saturated heterocycles. The van der Waals surface area contributed by atoms with Crippen molar-refractivity contribution in [2.45, 2.75) is 83.2 Å². The SMILES string of the molecule is C=C1C(=O)O[C@H]2[C@H]3O[C@@H](C[C@@H]12)[C@](C)(O)CCC/C(C)=C\CC[C@H]3C. The van der Waals surface area contributed by atoms with Gasteiger partial charge in [0.25, 0.3) is 0 Å². The van der Waals surface area contributed by atoms with Gasteiger partial charge in [-0.15, -0.1) is 0 Å². The van der Waals surface area contributed by atoms with E-state index in [0.29, 0.717) is 18.4 Å². The Bertz CT molecular complexity index is 548. The van der Waals surface area contributed by atoms with E-state index in [2.05, 4.69) is 26.5 Å². The van der Waals surface area contributed by atoms with Gasteiger partial charge in [-0.2, -0.15) is 0 Å². The van der Waals surface area contributed by atoms with Crippen molar-refractivity contribution in [3.05, 3.63) is 23.8 Å². The van der Waals surface area contributed by atoms with Crippen molar-refractivity contribution in [2.24, 2.45) is 11.8 Å². The summed E-state index contributed by atoms with van der Waals surface area (Å²) >= 11 is 0. The Labute approximate surface area is 144 Å². The Balaban J connectivity index is 1.90. The second-order valence-electron chi connectivity index (χ2n) is 8.14. The Kier molecular flexibility index (Phi) is 4.89. The Morgan fingerprint density at radius 3 is 2.88 bits per heavy atom. The van der Waals surface area contributed by atoms with Crippen LogP contribution in [0.1, 0.15) is 59.3 Å². The van der Waals surface area contributed by atoms with Gasteiger partial charge in [0.15, 0.2) is 0 Å². The van der Waals surface area contributed by atoms with Gasteiger partial charge in [0.2, 0.25) is 0 Å². The first-order valence-electron chi connectivity index (χ1n) is 9.23. The molecule has 0 unspecified atom stereocenters. The molecule has 134 valence electrons. The second kappa shape index (κ2) is 6.64. The van der Waals surface area contributed by atoms with Crippen LogP contribution in [0.25, 0.3) is 0 Å². The van der Waals surface area contributed by atoms with Crippen LogP contribution in [0.3, 0.4) is 0 Å². The van der Waals surface area contributed by atoms with Crippen LogP contribution < -0.4 is 0 Å². The predicted molar refractivity (Wildman–Crippen MR) is 92.4 cm³/mol. The molecule has 2 fully saturated rings. The van der Waals surface area contributed by atoms with Gasteiger partial charge in [0.05, 0.1) is 17.8 Å². The first-order chi connectivity index (χ1) is 11.3. The lowest BCUT2D eigenvalue weighted by molar-refractivity contribution is -0.208. The molecule has 24 heavy (non-hydrogen) atoms. The summed E-state index contributed by atoms with van der Waals surface area (Å²) in [5, 5.41) is 11.0. The van der Waals surface area contributed by atoms with E-state index in [1.807, 2.05) is 6.92 Å². The molecule has 3 rings (SSSR count). The molecule has 0 aromatic carbocycles. The average molecular weight is 334 g/mol. The molecular formula is C20H30O4. The van der Waals surface area contributed by atoms with Gasteiger partial charge in [0, 0.05) is 11.5 Å². The summed E-state index contributed by atoms with van der Waals surface area (Å²) < 4.78 is 11.9. The van der Waals surface area contributed by atoms with E-state index < -0.39 is 5.60 Å². The quantitative estimate of drug-likeness (QED) is 0.418. The minimum Gasteiger partial charge on any atom is -0.456 e. The van der Waals surface area contributed by atoms with Crippen molar-refractivity contribution in [1.29, 1.82) is 0 Å². The third-order valence-corrected chi connectivity index (χ3v) is 6.09. The van der Waals surface area contributed by atoms with Crippen LogP contribution >= 0.6 is 0 Å². The molecule has 4 heteroatoms. The molecule has 0 amide bonds. The second-order valence-corrected chi connectivity index (χ2v) is 8.14. The van der Waals surface area contributed by atoms with Gasteiger partial charge in [0.1, 0.15) is 6.10 Å². The lowest BCUT2D eigenvalue weighted by Gasteiger charge is -2.45. The van der Waals surface area contributed by atoms with Crippen molar-refractivity contribution in [3.8, 4) is 0 Å². The van der Waals surface area contributed by atoms with Gasteiger partial charge < -0.3 is 14.6 Å². The number of allylic oxidation sites excluding steroid dienone is 2. The summed E-state index contributed by atoms with van der Waals surface area (Å²) in [6, 6.07) is 0. The van der Waals surface area contributed by atoms with Crippen LogP contribution in [0.4, 0.5) is 0 Å². The van der Waals surface area contributed by atoms with E-state index >= 15 is 0 Å². The highest BCUT2D eigenvalue weighted by atomic mass is 16.6. The minimum absolute atomic E-state index is 0.0320. The molecule has 0 saturated carbocycles. The van der Waals surface area contributed by atoms with Crippen molar-refractivity contribution in [1.82, 2.24) is 0 Å². The molecule has 0 radical (unpaired) electrons. The molecule has 0 aromatic rings. The number of ether oxygens (including phenoxy) is 2. The van der Waals surface area contributed by atoms with Crippen molar-refractivity contribution < 1.29 is 19.4 Å². The monoisotopic (exact) mass is 334 g/mol. The van der Waals surface area contributed by atoms with E-state index in [4.69, 9.17) is 9.47 Å². The van der Waals surface area contributed by atoms with Gasteiger partial charge in [-0.05, 0) is 58.3 Å². The highest BCUT2D eigenvalue weighted by Gasteiger charge is 2.53. The van der Waals surface area contributed by atoms with Crippen molar-refractivity contribution in [2.75, 3.05) is 0 Å². The van der Waals surface area contributed by atoms with Gasteiger partial charge >= 0.3 is 5.97 Å². The molecular weight excluding hydrogens is 304 g/mol. The van der Waals surface area contributed by atoms with Crippen molar-refractivity contribution >= 4 is 5.97 Å². The summed E-state index contributed by atoms with van der Waals surface area (Å²) in [5.74, 6) is -0.0696.